The summed E-state index contributed by atoms with van der Waals surface area (Å²) >= 11 is 0. The van der Waals surface area contributed by atoms with E-state index in [1.807, 2.05) is 36.1 Å². The van der Waals surface area contributed by atoms with Crippen LogP contribution >= 0.6 is 0 Å². The normalized spacial score (nSPS) is 17.3. The molecular weight excluding hydrogens is 308 g/mol. The maximum absolute atomic E-state index is 12.7. The number of aromatic amines is 1. The summed E-state index contributed by atoms with van der Waals surface area (Å²) in [6.45, 7) is 6.23. The van der Waals surface area contributed by atoms with Crippen molar-refractivity contribution in [3.8, 4) is 0 Å². The van der Waals surface area contributed by atoms with E-state index in [9.17, 15) is 9.90 Å². The van der Waals surface area contributed by atoms with Crippen molar-refractivity contribution in [1.82, 2.24) is 20.0 Å². The lowest BCUT2D eigenvalue weighted by Crippen LogP contribution is -2.50. The van der Waals surface area contributed by atoms with E-state index < -0.39 is 6.10 Å². The number of piperazine rings is 1. The number of nitrogens with zero attached hydrogens (tertiary/aromatic N) is 3. The second-order valence-corrected chi connectivity index (χ2v) is 6.02. The van der Waals surface area contributed by atoms with Gasteiger partial charge in [0.05, 0.1) is 18.2 Å². The number of carbonyl (C=O) groups excluding carboxylic acids is 1. The third-order valence-electron chi connectivity index (χ3n) is 4.32. The Hall–Kier alpha value is -1.96. The molecule has 0 saturated carbocycles. The summed E-state index contributed by atoms with van der Waals surface area (Å²) in [4.78, 5) is 16.7. The van der Waals surface area contributed by atoms with Gasteiger partial charge in [0.1, 0.15) is 0 Å². The minimum atomic E-state index is -0.484. The van der Waals surface area contributed by atoms with Crippen LogP contribution in [0.2, 0.25) is 0 Å². The summed E-state index contributed by atoms with van der Waals surface area (Å²) < 4.78 is 5.23. The number of ether oxygens (including phenoxy) is 1. The van der Waals surface area contributed by atoms with Gasteiger partial charge in [0.25, 0.3) is 5.91 Å². The highest BCUT2D eigenvalue weighted by Crippen LogP contribution is 2.17. The highest BCUT2D eigenvalue weighted by atomic mass is 16.5. The summed E-state index contributed by atoms with van der Waals surface area (Å²) in [6.07, 6.45) is -0.484. The van der Waals surface area contributed by atoms with Crippen LogP contribution in [0.4, 0.5) is 0 Å². The Bertz CT molecular complexity index is 679. The highest BCUT2D eigenvalue weighted by Gasteiger charge is 2.25. The number of aliphatic hydroxyl groups is 1. The number of para-hydroxylation sites is 1. The average Bonchev–Trinajstić information content (AvgIpc) is 3.04. The number of carbonyl (C=O) groups is 1. The molecule has 0 aliphatic carbocycles. The van der Waals surface area contributed by atoms with Gasteiger partial charge < -0.3 is 14.7 Å². The number of benzene rings is 1. The molecular formula is C17H24N4O3. The van der Waals surface area contributed by atoms with E-state index in [1.165, 1.54) is 0 Å². The maximum Gasteiger partial charge on any atom is 0.275 e. The Morgan fingerprint density at radius 1 is 1.33 bits per heavy atom. The molecule has 24 heavy (non-hydrogen) atoms. The zero-order valence-electron chi connectivity index (χ0n) is 13.9. The zero-order valence-corrected chi connectivity index (χ0v) is 13.9. The van der Waals surface area contributed by atoms with Gasteiger partial charge in [-0.2, -0.15) is 5.10 Å². The van der Waals surface area contributed by atoms with Gasteiger partial charge in [-0.25, -0.2) is 0 Å². The number of H-pyrrole nitrogens is 1. The molecule has 0 spiro atoms. The van der Waals surface area contributed by atoms with Gasteiger partial charge in [-0.05, 0) is 13.0 Å². The first-order valence-electron chi connectivity index (χ1n) is 8.39. The van der Waals surface area contributed by atoms with Gasteiger partial charge >= 0.3 is 0 Å². The van der Waals surface area contributed by atoms with Crippen LogP contribution in [-0.4, -0.2) is 83.1 Å². The number of rotatable bonds is 6. The number of aliphatic hydroxyl groups excluding tert-OH is 1. The molecule has 1 fully saturated rings. The lowest BCUT2D eigenvalue weighted by Gasteiger charge is -2.35. The molecule has 130 valence electrons. The minimum Gasteiger partial charge on any atom is -0.389 e. The number of amides is 1. The fourth-order valence-electron chi connectivity index (χ4n) is 3.01. The standard InChI is InChI=1S/C17H24N4O3/c1-2-24-12-13(22)11-20-7-9-21(10-8-20)17(23)16-14-5-3-4-6-15(14)18-19-16/h3-6,13,22H,2,7-12H2,1H3,(H,18,19). The number of hydrogen-bond donors (Lipinski definition) is 2. The summed E-state index contributed by atoms with van der Waals surface area (Å²) in [5.41, 5.74) is 1.36. The molecule has 2 aromatic rings. The minimum absolute atomic E-state index is 0.0398. The molecule has 1 saturated heterocycles. The topological polar surface area (TPSA) is 81.7 Å². The fraction of sp³-hybridized carbons (Fsp3) is 0.529. The lowest BCUT2D eigenvalue weighted by molar-refractivity contribution is 0.0111. The molecule has 0 radical (unpaired) electrons. The van der Waals surface area contributed by atoms with Gasteiger partial charge in [0.15, 0.2) is 5.69 Å². The molecule has 1 atom stereocenters. The van der Waals surface area contributed by atoms with E-state index in [0.29, 0.717) is 38.5 Å². The van der Waals surface area contributed by atoms with E-state index in [-0.39, 0.29) is 5.91 Å². The predicted octanol–water partition coefficient (Wildman–Crippen LogP) is 0.718. The SMILES string of the molecule is CCOCC(O)CN1CCN(C(=O)c2n[nH]c3ccccc23)CC1. The van der Waals surface area contributed by atoms with Crippen molar-refractivity contribution < 1.29 is 14.6 Å². The van der Waals surface area contributed by atoms with E-state index in [0.717, 1.165) is 24.0 Å². The Kier molecular flexibility index (Phi) is 5.44. The molecule has 2 heterocycles. The number of aromatic nitrogens is 2. The van der Waals surface area contributed by atoms with Crippen LogP contribution in [0.3, 0.4) is 0 Å². The maximum atomic E-state index is 12.7. The van der Waals surface area contributed by atoms with Crippen molar-refractivity contribution in [2.24, 2.45) is 0 Å². The average molecular weight is 332 g/mol. The van der Waals surface area contributed by atoms with E-state index in [2.05, 4.69) is 15.1 Å². The number of fused-ring (bicyclic) bond motifs is 1. The smallest absolute Gasteiger partial charge is 0.275 e. The second kappa shape index (κ2) is 7.74. The number of hydrogen-bond acceptors (Lipinski definition) is 5. The fourth-order valence-corrected chi connectivity index (χ4v) is 3.01. The summed E-state index contributed by atoms with van der Waals surface area (Å²) in [5.74, 6) is -0.0398. The van der Waals surface area contributed by atoms with Crippen LogP contribution in [-0.2, 0) is 4.74 Å². The van der Waals surface area contributed by atoms with Gasteiger partial charge in [-0.1, -0.05) is 18.2 Å². The molecule has 7 heteroatoms. The van der Waals surface area contributed by atoms with Crippen LogP contribution in [0, 0.1) is 0 Å². The Morgan fingerprint density at radius 2 is 2.08 bits per heavy atom. The molecule has 3 rings (SSSR count). The van der Waals surface area contributed by atoms with Gasteiger partial charge in [0.2, 0.25) is 0 Å². The van der Waals surface area contributed by atoms with Crippen LogP contribution in [0.5, 0.6) is 0 Å². The van der Waals surface area contributed by atoms with Gasteiger partial charge in [-0.15, -0.1) is 0 Å². The predicted molar refractivity (Wildman–Crippen MR) is 90.9 cm³/mol. The van der Waals surface area contributed by atoms with E-state index >= 15 is 0 Å². The van der Waals surface area contributed by atoms with E-state index in [1.54, 1.807) is 0 Å². The van der Waals surface area contributed by atoms with Crippen molar-refractivity contribution in [1.29, 1.82) is 0 Å². The van der Waals surface area contributed by atoms with E-state index in [4.69, 9.17) is 4.74 Å². The van der Waals surface area contributed by atoms with Crippen LogP contribution in [0.25, 0.3) is 10.9 Å². The number of nitrogens with one attached hydrogen (secondary N) is 1. The van der Waals surface area contributed by atoms with Gasteiger partial charge in [0, 0.05) is 44.7 Å². The van der Waals surface area contributed by atoms with Crippen molar-refractivity contribution in [2.45, 2.75) is 13.0 Å². The monoisotopic (exact) mass is 332 g/mol. The molecule has 1 aliphatic heterocycles. The first-order chi connectivity index (χ1) is 11.7. The molecule has 1 aliphatic rings. The lowest BCUT2D eigenvalue weighted by atomic mass is 10.2. The first kappa shape index (κ1) is 16.9. The zero-order chi connectivity index (χ0) is 16.9. The third-order valence-corrected chi connectivity index (χ3v) is 4.32. The van der Waals surface area contributed by atoms with Crippen molar-refractivity contribution in [3.05, 3.63) is 30.0 Å². The van der Waals surface area contributed by atoms with Crippen molar-refractivity contribution in [3.63, 3.8) is 0 Å². The van der Waals surface area contributed by atoms with Crippen molar-refractivity contribution in [2.75, 3.05) is 45.9 Å². The number of β-amino-alcohol motifs (C(OH)–C–C–N with tert-alkyl or cyclic N) is 1. The Balaban J connectivity index is 1.55. The van der Waals surface area contributed by atoms with Crippen LogP contribution in [0.1, 0.15) is 17.4 Å². The Labute approximate surface area is 141 Å². The van der Waals surface area contributed by atoms with Crippen LogP contribution in [0.15, 0.2) is 24.3 Å². The quantitative estimate of drug-likeness (QED) is 0.814. The van der Waals surface area contributed by atoms with Crippen LogP contribution < -0.4 is 0 Å². The molecule has 2 N–H and O–H groups in total. The van der Waals surface area contributed by atoms with Gasteiger partial charge in [-0.3, -0.25) is 14.8 Å². The third kappa shape index (κ3) is 3.75. The summed E-state index contributed by atoms with van der Waals surface area (Å²) in [7, 11) is 0. The van der Waals surface area contributed by atoms with Crippen molar-refractivity contribution >= 4 is 16.8 Å². The molecule has 1 amide bonds. The molecule has 7 nitrogen and oxygen atoms in total. The second-order valence-electron chi connectivity index (χ2n) is 6.02. The largest absolute Gasteiger partial charge is 0.389 e. The highest BCUT2D eigenvalue weighted by molar-refractivity contribution is 6.04. The summed E-state index contributed by atoms with van der Waals surface area (Å²) in [5, 5.41) is 17.9. The molecule has 1 aromatic heterocycles. The molecule has 1 unspecified atom stereocenters. The molecule has 0 bridgehead atoms. The Morgan fingerprint density at radius 3 is 2.83 bits per heavy atom. The molecule has 1 aromatic carbocycles. The first-order valence-corrected chi connectivity index (χ1v) is 8.39. The summed E-state index contributed by atoms with van der Waals surface area (Å²) in [6, 6.07) is 7.65.